The lowest BCUT2D eigenvalue weighted by Gasteiger charge is -2.04. The lowest BCUT2D eigenvalue weighted by molar-refractivity contribution is 1.16. The van der Waals surface area contributed by atoms with Gasteiger partial charge in [0, 0.05) is 27.3 Å². The number of halogens is 1. The Kier molecular flexibility index (Phi) is 3.38. The minimum atomic E-state index is 0.890. The van der Waals surface area contributed by atoms with Crippen LogP contribution >= 0.6 is 27.3 Å². The van der Waals surface area contributed by atoms with Crippen molar-refractivity contribution in [2.75, 3.05) is 11.9 Å². The highest BCUT2D eigenvalue weighted by Crippen LogP contribution is 2.30. The topological polar surface area (TPSA) is 24.9 Å². The molecule has 2 rings (SSSR count). The summed E-state index contributed by atoms with van der Waals surface area (Å²) in [5.41, 5.74) is 2.15. The van der Waals surface area contributed by atoms with Crippen LogP contribution in [0.2, 0.25) is 0 Å². The Morgan fingerprint density at radius 1 is 1.40 bits per heavy atom. The molecular formula is C11H11BrN2S. The summed E-state index contributed by atoms with van der Waals surface area (Å²) < 4.78 is 1.11. The fraction of sp³-hybridized carbons (Fsp3) is 0.182. The van der Waals surface area contributed by atoms with Gasteiger partial charge < -0.3 is 5.32 Å². The fourth-order valence-electron chi connectivity index (χ4n) is 1.33. The van der Waals surface area contributed by atoms with E-state index < -0.39 is 0 Å². The summed E-state index contributed by atoms with van der Waals surface area (Å²) in [4.78, 5) is 4.53. The average molecular weight is 283 g/mol. The van der Waals surface area contributed by atoms with Crippen molar-refractivity contribution in [2.24, 2.45) is 0 Å². The molecule has 2 aromatic rings. The highest BCUT2D eigenvalue weighted by Gasteiger charge is 2.05. The van der Waals surface area contributed by atoms with Crippen LogP contribution in [0.3, 0.4) is 0 Å². The van der Waals surface area contributed by atoms with E-state index in [2.05, 4.69) is 43.9 Å². The molecule has 0 aliphatic heterocycles. The first-order valence-electron chi connectivity index (χ1n) is 4.74. The van der Waals surface area contributed by atoms with Gasteiger partial charge in [0.15, 0.2) is 0 Å². The first-order valence-corrected chi connectivity index (χ1v) is 6.48. The van der Waals surface area contributed by atoms with Crippen molar-refractivity contribution >= 4 is 33.1 Å². The van der Waals surface area contributed by atoms with Gasteiger partial charge in [-0.15, -0.1) is 0 Å². The van der Waals surface area contributed by atoms with Gasteiger partial charge in [-0.2, -0.15) is 11.3 Å². The molecule has 0 bridgehead atoms. The van der Waals surface area contributed by atoms with Crippen molar-refractivity contribution in [1.82, 2.24) is 4.98 Å². The number of anilines is 1. The molecule has 4 heteroatoms. The molecule has 0 aliphatic carbocycles. The van der Waals surface area contributed by atoms with Crippen molar-refractivity contribution in [1.29, 1.82) is 0 Å². The second kappa shape index (κ2) is 4.77. The van der Waals surface area contributed by atoms with Crippen molar-refractivity contribution in [2.45, 2.75) is 6.92 Å². The molecular weight excluding hydrogens is 272 g/mol. The molecule has 0 aromatic carbocycles. The van der Waals surface area contributed by atoms with E-state index in [1.807, 2.05) is 18.2 Å². The molecule has 0 atom stereocenters. The lowest BCUT2D eigenvalue weighted by Crippen LogP contribution is -1.99. The van der Waals surface area contributed by atoms with Gasteiger partial charge in [0.25, 0.3) is 0 Å². The van der Waals surface area contributed by atoms with Gasteiger partial charge in [-0.3, -0.25) is 0 Å². The summed E-state index contributed by atoms with van der Waals surface area (Å²) >= 11 is 5.19. The van der Waals surface area contributed by atoms with E-state index in [-0.39, 0.29) is 0 Å². The van der Waals surface area contributed by atoms with Crippen molar-refractivity contribution in [3.05, 3.63) is 33.4 Å². The Balaban J connectivity index is 2.37. The first-order chi connectivity index (χ1) is 7.31. The molecule has 0 saturated carbocycles. The molecule has 0 amide bonds. The van der Waals surface area contributed by atoms with Gasteiger partial charge in [-0.25, -0.2) is 4.98 Å². The standard InChI is InChI=1S/C11H11BrN2S/c1-2-13-11-5-3-4-10(14-11)8-6-15-7-9(8)12/h3-7H,2H2,1H3,(H,13,14). The highest BCUT2D eigenvalue weighted by molar-refractivity contribution is 9.10. The predicted octanol–water partition coefficient (Wildman–Crippen LogP) is 4.00. The van der Waals surface area contributed by atoms with Crippen LogP contribution in [-0.2, 0) is 0 Å². The van der Waals surface area contributed by atoms with E-state index in [1.165, 1.54) is 0 Å². The van der Waals surface area contributed by atoms with Crippen LogP contribution in [0.4, 0.5) is 5.82 Å². The average Bonchev–Trinajstić information content (AvgIpc) is 2.65. The van der Waals surface area contributed by atoms with Crippen LogP contribution in [0, 0.1) is 0 Å². The quantitative estimate of drug-likeness (QED) is 0.920. The molecule has 0 saturated heterocycles. The molecule has 1 N–H and O–H groups in total. The SMILES string of the molecule is CCNc1cccc(-c2cscc2Br)n1. The normalized spacial score (nSPS) is 10.3. The number of nitrogens with zero attached hydrogens (tertiary/aromatic N) is 1. The van der Waals surface area contributed by atoms with Crippen LogP contribution in [0.15, 0.2) is 33.4 Å². The Hall–Kier alpha value is -0.870. The molecule has 15 heavy (non-hydrogen) atoms. The van der Waals surface area contributed by atoms with Crippen molar-refractivity contribution in [3.8, 4) is 11.3 Å². The summed E-state index contributed by atoms with van der Waals surface area (Å²) in [6, 6.07) is 6.02. The van der Waals surface area contributed by atoms with Crippen molar-refractivity contribution < 1.29 is 0 Å². The summed E-state index contributed by atoms with van der Waals surface area (Å²) in [6.07, 6.45) is 0. The van der Waals surface area contributed by atoms with Crippen LogP contribution in [0.25, 0.3) is 11.3 Å². The van der Waals surface area contributed by atoms with E-state index in [0.29, 0.717) is 0 Å². The minimum absolute atomic E-state index is 0.890. The summed E-state index contributed by atoms with van der Waals surface area (Å²) in [5.74, 6) is 0.924. The number of rotatable bonds is 3. The van der Waals surface area contributed by atoms with Gasteiger partial charge >= 0.3 is 0 Å². The largest absolute Gasteiger partial charge is 0.370 e. The maximum Gasteiger partial charge on any atom is 0.126 e. The Morgan fingerprint density at radius 3 is 2.93 bits per heavy atom. The highest BCUT2D eigenvalue weighted by atomic mass is 79.9. The summed E-state index contributed by atoms with van der Waals surface area (Å²) in [6.45, 7) is 2.95. The predicted molar refractivity (Wildman–Crippen MR) is 69.4 cm³/mol. The van der Waals surface area contributed by atoms with E-state index in [4.69, 9.17) is 0 Å². The lowest BCUT2D eigenvalue weighted by atomic mass is 10.2. The molecule has 2 aromatic heterocycles. The fourth-order valence-corrected chi connectivity index (χ4v) is 2.82. The zero-order chi connectivity index (χ0) is 10.7. The number of pyridine rings is 1. The molecule has 0 unspecified atom stereocenters. The second-order valence-corrected chi connectivity index (χ2v) is 4.67. The van der Waals surface area contributed by atoms with Crippen LogP contribution in [-0.4, -0.2) is 11.5 Å². The molecule has 0 spiro atoms. The summed E-state index contributed by atoms with van der Waals surface area (Å²) in [5, 5.41) is 7.37. The first kappa shape index (κ1) is 10.6. The zero-order valence-corrected chi connectivity index (χ0v) is 10.7. The number of hydrogen-bond acceptors (Lipinski definition) is 3. The van der Waals surface area contributed by atoms with Crippen molar-refractivity contribution in [3.63, 3.8) is 0 Å². The molecule has 2 nitrogen and oxygen atoms in total. The van der Waals surface area contributed by atoms with Crippen LogP contribution in [0.5, 0.6) is 0 Å². The van der Waals surface area contributed by atoms with E-state index in [1.54, 1.807) is 11.3 Å². The van der Waals surface area contributed by atoms with Gasteiger partial charge in [0.1, 0.15) is 5.82 Å². The van der Waals surface area contributed by atoms with E-state index >= 15 is 0 Å². The van der Waals surface area contributed by atoms with Gasteiger partial charge in [-0.05, 0) is 35.0 Å². The molecule has 0 aliphatic rings. The van der Waals surface area contributed by atoms with Gasteiger partial charge in [0.05, 0.1) is 5.69 Å². The third kappa shape index (κ3) is 2.38. The minimum Gasteiger partial charge on any atom is -0.370 e. The smallest absolute Gasteiger partial charge is 0.126 e. The monoisotopic (exact) mass is 282 g/mol. The maximum atomic E-state index is 4.53. The second-order valence-electron chi connectivity index (χ2n) is 3.07. The van der Waals surface area contributed by atoms with Gasteiger partial charge in [0.2, 0.25) is 0 Å². The van der Waals surface area contributed by atoms with E-state index in [0.717, 1.165) is 28.1 Å². The third-order valence-electron chi connectivity index (χ3n) is 2.00. The third-order valence-corrected chi connectivity index (χ3v) is 3.70. The summed E-state index contributed by atoms with van der Waals surface area (Å²) in [7, 11) is 0. The zero-order valence-electron chi connectivity index (χ0n) is 8.33. The maximum absolute atomic E-state index is 4.53. The molecule has 0 fully saturated rings. The van der Waals surface area contributed by atoms with Crippen LogP contribution in [0.1, 0.15) is 6.92 Å². The molecule has 0 radical (unpaired) electrons. The molecule has 2 heterocycles. The number of thiophene rings is 1. The molecule has 78 valence electrons. The number of nitrogens with one attached hydrogen (secondary N) is 1. The number of hydrogen-bond donors (Lipinski definition) is 1. The Bertz CT molecular complexity index is 453. The van der Waals surface area contributed by atoms with Crippen LogP contribution < -0.4 is 5.32 Å². The number of aromatic nitrogens is 1. The van der Waals surface area contributed by atoms with Gasteiger partial charge in [-0.1, -0.05) is 6.07 Å². The Morgan fingerprint density at radius 2 is 2.27 bits per heavy atom. The van der Waals surface area contributed by atoms with E-state index in [9.17, 15) is 0 Å². The Labute approximate surface area is 101 Å².